The Morgan fingerprint density at radius 1 is 1.36 bits per heavy atom. The number of benzene rings is 1. The second-order valence-electron chi connectivity index (χ2n) is 5.60. The van der Waals surface area contributed by atoms with Crippen molar-refractivity contribution in [2.45, 2.75) is 17.3 Å². The third-order valence-corrected chi connectivity index (χ3v) is 6.02. The van der Waals surface area contributed by atoms with Crippen LogP contribution in [0.15, 0.2) is 55.9 Å². The molecule has 0 aliphatic carbocycles. The van der Waals surface area contributed by atoms with Crippen LogP contribution in [-0.4, -0.2) is 33.3 Å². The Labute approximate surface area is 178 Å². The smallest absolute Gasteiger partial charge is 0.233 e. The molecule has 144 valence electrons. The van der Waals surface area contributed by atoms with Crippen LogP contribution in [0.2, 0.25) is 0 Å². The predicted octanol–water partition coefficient (Wildman–Crippen LogP) is 4.67. The lowest BCUT2D eigenvalue weighted by Crippen LogP contribution is -2.32. The fourth-order valence-electron chi connectivity index (χ4n) is 2.29. The highest BCUT2D eigenvalue weighted by atomic mass is 79.9. The summed E-state index contributed by atoms with van der Waals surface area (Å²) in [7, 11) is 0. The minimum Gasteiger partial charge on any atom is -0.467 e. The van der Waals surface area contributed by atoms with Crippen LogP contribution in [-0.2, 0) is 11.3 Å². The van der Waals surface area contributed by atoms with E-state index < -0.39 is 0 Å². The Balaban J connectivity index is 1.55. The summed E-state index contributed by atoms with van der Waals surface area (Å²) in [5.74, 6) is 0.832. The van der Waals surface area contributed by atoms with Crippen LogP contribution in [0.3, 0.4) is 0 Å². The van der Waals surface area contributed by atoms with Gasteiger partial charge in [0.2, 0.25) is 11.0 Å². The summed E-state index contributed by atoms with van der Waals surface area (Å²) in [6.45, 7) is 0.711. The van der Waals surface area contributed by atoms with Gasteiger partial charge in [-0.3, -0.25) is 4.79 Å². The highest BCUT2D eigenvalue weighted by Crippen LogP contribution is 2.28. The number of thioether (sulfide) groups is 1. The molecule has 3 aromatic rings. The Morgan fingerprint density at radius 3 is 3.00 bits per heavy atom. The standard InChI is InChI=1S/C18H16BrN5O2S2/c19-13-4-1-5-14(10-13)21-17-22-23-18(28-17)27-12-16(25)24(8-3-7-20)11-15-6-2-9-26-15/h1-2,4-6,9-10H,3,8,11-12H2,(H,21,22). The van der Waals surface area contributed by atoms with Crippen LogP contribution in [0.1, 0.15) is 12.2 Å². The molecule has 0 atom stereocenters. The number of carbonyl (C=O) groups excluding carboxylic acids is 1. The van der Waals surface area contributed by atoms with Crippen molar-refractivity contribution in [3.8, 4) is 6.07 Å². The van der Waals surface area contributed by atoms with Crippen molar-refractivity contribution in [2.24, 2.45) is 0 Å². The van der Waals surface area contributed by atoms with Gasteiger partial charge in [-0.25, -0.2) is 0 Å². The summed E-state index contributed by atoms with van der Waals surface area (Å²) in [4.78, 5) is 14.2. The molecule has 0 bridgehead atoms. The highest BCUT2D eigenvalue weighted by Gasteiger charge is 2.17. The first-order chi connectivity index (χ1) is 13.6. The molecule has 1 N–H and O–H groups in total. The van der Waals surface area contributed by atoms with E-state index in [1.165, 1.54) is 23.1 Å². The average Bonchev–Trinajstić information content (AvgIpc) is 3.35. The summed E-state index contributed by atoms with van der Waals surface area (Å²) >= 11 is 6.14. The number of hydrogen-bond acceptors (Lipinski definition) is 8. The van der Waals surface area contributed by atoms with Crippen molar-refractivity contribution >= 4 is 55.8 Å². The van der Waals surface area contributed by atoms with E-state index >= 15 is 0 Å². The van der Waals surface area contributed by atoms with Crippen molar-refractivity contribution in [3.05, 3.63) is 52.9 Å². The number of anilines is 2. The SMILES string of the molecule is N#CCCN(Cc1ccco1)C(=O)CSc1nnc(Nc2cccc(Br)c2)s1. The molecule has 0 saturated carbocycles. The van der Waals surface area contributed by atoms with Gasteiger partial charge in [0.15, 0.2) is 4.34 Å². The number of halogens is 1. The van der Waals surface area contributed by atoms with Crippen LogP contribution >= 0.6 is 39.0 Å². The Bertz CT molecular complexity index is 955. The number of rotatable bonds is 9. The lowest BCUT2D eigenvalue weighted by atomic mass is 10.3. The van der Waals surface area contributed by atoms with E-state index in [4.69, 9.17) is 9.68 Å². The van der Waals surface area contributed by atoms with Gasteiger partial charge in [0.25, 0.3) is 0 Å². The molecule has 28 heavy (non-hydrogen) atoms. The second-order valence-corrected chi connectivity index (χ2v) is 8.72. The summed E-state index contributed by atoms with van der Waals surface area (Å²) in [6.07, 6.45) is 1.84. The maximum absolute atomic E-state index is 12.6. The molecule has 1 amide bonds. The monoisotopic (exact) mass is 477 g/mol. The van der Waals surface area contributed by atoms with Gasteiger partial charge in [-0.1, -0.05) is 45.1 Å². The number of nitriles is 1. The molecule has 0 unspecified atom stereocenters. The molecule has 0 aliphatic rings. The first kappa shape index (κ1) is 20.4. The van der Waals surface area contributed by atoms with Crippen molar-refractivity contribution in [2.75, 3.05) is 17.6 Å². The minimum atomic E-state index is -0.0756. The third kappa shape index (κ3) is 6.09. The van der Waals surface area contributed by atoms with Gasteiger partial charge in [0.05, 0.1) is 31.1 Å². The quantitative estimate of drug-likeness (QED) is 0.447. The Kier molecular flexibility index (Phi) is 7.47. The molecule has 0 radical (unpaired) electrons. The zero-order chi connectivity index (χ0) is 19.8. The summed E-state index contributed by atoms with van der Waals surface area (Å²) < 4.78 is 6.98. The van der Waals surface area contributed by atoms with Crippen LogP contribution < -0.4 is 5.32 Å². The fourth-order valence-corrected chi connectivity index (χ4v) is 4.36. The number of nitrogens with one attached hydrogen (secondary N) is 1. The third-order valence-electron chi connectivity index (χ3n) is 3.57. The van der Waals surface area contributed by atoms with Gasteiger partial charge < -0.3 is 14.6 Å². The van der Waals surface area contributed by atoms with Crippen LogP contribution in [0.25, 0.3) is 0 Å². The van der Waals surface area contributed by atoms with Crippen molar-refractivity contribution < 1.29 is 9.21 Å². The van der Waals surface area contributed by atoms with Gasteiger partial charge in [0.1, 0.15) is 5.76 Å². The van der Waals surface area contributed by atoms with E-state index in [-0.39, 0.29) is 18.1 Å². The molecular weight excluding hydrogens is 462 g/mol. The van der Waals surface area contributed by atoms with Gasteiger partial charge in [-0.15, -0.1) is 10.2 Å². The van der Waals surface area contributed by atoms with E-state index in [2.05, 4.69) is 37.5 Å². The molecule has 1 aromatic carbocycles. The van der Waals surface area contributed by atoms with Crippen molar-refractivity contribution in [1.82, 2.24) is 15.1 Å². The van der Waals surface area contributed by atoms with E-state index in [0.29, 0.717) is 28.3 Å². The molecule has 0 fully saturated rings. The number of aromatic nitrogens is 2. The zero-order valence-corrected chi connectivity index (χ0v) is 17.9. The van der Waals surface area contributed by atoms with E-state index in [0.717, 1.165) is 10.2 Å². The normalized spacial score (nSPS) is 10.4. The molecule has 0 aliphatic heterocycles. The number of hydrogen-bond donors (Lipinski definition) is 1. The van der Waals surface area contributed by atoms with E-state index in [1.54, 1.807) is 17.2 Å². The van der Waals surface area contributed by atoms with Crippen molar-refractivity contribution in [3.63, 3.8) is 0 Å². The first-order valence-electron chi connectivity index (χ1n) is 8.30. The lowest BCUT2D eigenvalue weighted by molar-refractivity contribution is -0.129. The van der Waals surface area contributed by atoms with Crippen molar-refractivity contribution in [1.29, 1.82) is 5.26 Å². The van der Waals surface area contributed by atoms with Gasteiger partial charge in [-0.05, 0) is 30.3 Å². The molecular formula is C18H16BrN5O2S2. The molecule has 0 saturated heterocycles. The number of amides is 1. The van der Waals surface area contributed by atoms with Gasteiger partial charge in [-0.2, -0.15) is 5.26 Å². The maximum Gasteiger partial charge on any atom is 0.233 e. The summed E-state index contributed by atoms with van der Waals surface area (Å²) in [5.41, 5.74) is 0.902. The number of carbonyl (C=O) groups is 1. The lowest BCUT2D eigenvalue weighted by Gasteiger charge is -2.19. The highest BCUT2D eigenvalue weighted by molar-refractivity contribution is 9.10. The Morgan fingerprint density at radius 2 is 2.25 bits per heavy atom. The van der Waals surface area contributed by atoms with Crippen LogP contribution in [0, 0.1) is 11.3 Å². The summed E-state index contributed by atoms with van der Waals surface area (Å²) in [5, 5.41) is 20.9. The molecule has 0 spiro atoms. The predicted molar refractivity (Wildman–Crippen MR) is 112 cm³/mol. The topological polar surface area (TPSA) is 95.0 Å². The van der Waals surface area contributed by atoms with Crippen LogP contribution in [0.5, 0.6) is 0 Å². The Hall–Kier alpha value is -2.35. The summed E-state index contributed by atoms with van der Waals surface area (Å²) in [6, 6.07) is 13.4. The molecule has 2 aromatic heterocycles. The zero-order valence-electron chi connectivity index (χ0n) is 14.7. The molecule has 7 nitrogen and oxygen atoms in total. The number of furan rings is 1. The molecule has 3 rings (SSSR count). The van der Waals surface area contributed by atoms with E-state index in [1.807, 2.05) is 30.3 Å². The van der Waals surface area contributed by atoms with Gasteiger partial charge in [0, 0.05) is 16.7 Å². The second kappa shape index (κ2) is 10.3. The first-order valence-corrected chi connectivity index (χ1v) is 10.9. The average molecular weight is 478 g/mol. The fraction of sp³-hybridized carbons (Fsp3) is 0.222. The maximum atomic E-state index is 12.6. The van der Waals surface area contributed by atoms with Gasteiger partial charge >= 0.3 is 0 Å². The largest absolute Gasteiger partial charge is 0.467 e. The molecule has 2 heterocycles. The van der Waals surface area contributed by atoms with E-state index in [9.17, 15) is 4.79 Å². The molecule has 10 heteroatoms. The van der Waals surface area contributed by atoms with Crippen LogP contribution in [0.4, 0.5) is 10.8 Å². The number of nitrogens with zero attached hydrogens (tertiary/aromatic N) is 4. The minimum absolute atomic E-state index is 0.0756.